The lowest BCUT2D eigenvalue weighted by atomic mass is 10.1. The number of hydrogen-bond donors (Lipinski definition) is 1. The molecule has 1 aromatic heterocycles. The molecule has 0 spiro atoms. The summed E-state index contributed by atoms with van der Waals surface area (Å²) in [7, 11) is 0. The van der Waals surface area contributed by atoms with E-state index in [1.54, 1.807) is 16.8 Å². The van der Waals surface area contributed by atoms with Crippen molar-refractivity contribution in [1.82, 2.24) is 9.78 Å². The van der Waals surface area contributed by atoms with Crippen LogP contribution in [0.2, 0.25) is 5.02 Å². The lowest BCUT2D eigenvalue weighted by molar-refractivity contribution is 0.101. The van der Waals surface area contributed by atoms with Gasteiger partial charge in [0, 0.05) is 17.3 Å². The molecule has 2 rings (SSSR count). The SMILES string of the molecule is CCn1nc(C(C)C)cc1C(=O)Nc1cc(Cl)ccc1C. The molecule has 112 valence electrons. The van der Waals surface area contributed by atoms with E-state index in [0.717, 1.165) is 16.9 Å². The Morgan fingerprint density at radius 3 is 2.71 bits per heavy atom. The van der Waals surface area contributed by atoms with E-state index in [1.807, 2.05) is 26.0 Å². The molecule has 21 heavy (non-hydrogen) atoms. The van der Waals surface area contributed by atoms with Crippen LogP contribution in [0.5, 0.6) is 0 Å². The van der Waals surface area contributed by atoms with Crippen molar-refractivity contribution in [2.24, 2.45) is 0 Å². The summed E-state index contributed by atoms with van der Waals surface area (Å²) in [5.74, 6) is 0.124. The number of hydrogen-bond acceptors (Lipinski definition) is 2. The zero-order valence-electron chi connectivity index (χ0n) is 12.8. The molecule has 0 aliphatic heterocycles. The Morgan fingerprint density at radius 2 is 2.10 bits per heavy atom. The van der Waals surface area contributed by atoms with Gasteiger partial charge in [-0.2, -0.15) is 5.10 Å². The number of carbonyl (C=O) groups excluding carboxylic acids is 1. The van der Waals surface area contributed by atoms with E-state index in [-0.39, 0.29) is 11.8 Å². The minimum absolute atomic E-state index is 0.165. The largest absolute Gasteiger partial charge is 0.320 e. The number of benzene rings is 1. The highest BCUT2D eigenvalue weighted by Gasteiger charge is 2.17. The molecule has 0 aliphatic rings. The first-order valence-corrected chi connectivity index (χ1v) is 7.45. The molecule has 0 saturated heterocycles. The van der Waals surface area contributed by atoms with E-state index >= 15 is 0 Å². The molecule has 0 bridgehead atoms. The topological polar surface area (TPSA) is 46.9 Å². The molecule has 1 amide bonds. The van der Waals surface area contributed by atoms with Crippen LogP contribution < -0.4 is 5.32 Å². The van der Waals surface area contributed by atoms with Gasteiger partial charge in [-0.1, -0.05) is 31.5 Å². The lowest BCUT2D eigenvalue weighted by Gasteiger charge is -2.09. The summed E-state index contributed by atoms with van der Waals surface area (Å²) in [6, 6.07) is 7.29. The van der Waals surface area contributed by atoms with Crippen molar-refractivity contribution in [2.45, 2.75) is 40.2 Å². The van der Waals surface area contributed by atoms with E-state index in [1.165, 1.54) is 0 Å². The van der Waals surface area contributed by atoms with Gasteiger partial charge >= 0.3 is 0 Å². The van der Waals surface area contributed by atoms with Crippen molar-refractivity contribution in [2.75, 3.05) is 5.32 Å². The number of aryl methyl sites for hydroxylation is 2. The molecular weight excluding hydrogens is 286 g/mol. The van der Waals surface area contributed by atoms with Gasteiger partial charge in [0.15, 0.2) is 0 Å². The summed E-state index contributed by atoms with van der Waals surface area (Å²) in [5.41, 5.74) is 3.19. The fourth-order valence-corrected chi connectivity index (χ4v) is 2.23. The second-order valence-corrected chi connectivity index (χ2v) is 5.77. The first-order valence-electron chi connectivity index (χ1n) is 7.07. The summed E-state index contributed by atoms with van der Waals surface area (Å²) >= 11 is 5.98. The Hall–Kier alpha value is -1.81. The maximum Gasteiger partial charge on any atom is 0.273 e. The van der Waals surface area contributed by atoms with Crippen molar-refractivity contribution >= 4 is 23.2 Å². The molecule has 0 unspecified atom stereocenters. The molecule has 2 aromatic rings. The van der Waals surface area contributed by atoms with Gasteiger partial charge in [0.2, 0.25) is 0 Å². The lowest BCUT2D eigenvalue weighted by Crippen LogP contribution is -2.17. The smallest absolute Gasteiger partial charge is 0.273 e. The average molecular weight is 306 g/mol. The van der Waals surface area contributed by atoms with E-state index in [2.05, 4.69) is 24.3 Å². The maximum absolute atomic E-state index is 12.5. The van der Waals surface area contributed by atoms with Crippen molar-refractivity contribution in [3.63, 3.8) is 0 Å². The summed E-state index contributed by atoms with van der Waals surface area (Å²) < 4.78 is 1.73. The monoisotopic (exact) mass is 305 g/mol. The van der Waals surface area contributed by atoms with E-state index in [4.69, 9.17) is 11.6 Å². The minimum atomic E-state index is -0.165. The number of amides is 1. The van der Waals surface area contributed by atoms with Crippen LogP contribution in [0.15, 0.2) is 24.3 Å². The van der Waals surface area contributed by atoms with Gasteiger partial charge in [-0.25, -0.2) is 0 Å². The molecule has 0 saturated carbocycles. The summed E-state index contributed by atoms with van der Waals surface area (Å²) in [6.07, 6.45) is 0. The third-order valence-electron chi connectivity index (χ3n) is 3.37. The predicted octanol–water partition coefficient (Wildman–Crippen LogP) is 4.24. The Balaban J connectivity index is 2.30. The molecular formula is C16H20ClN3O. The molecule has 0 atom stereocenters. The molecule has 5 heteroatoms. The Morgan fingerprint density at radius 1 is 1.38 bits per heavy atom. The molecule has 0 aliphatic carbocycles. The molecule has 0 fully saturated rings. The minimum Gasteiger partial charge on any atom is -0.320 e. The van der Waals surface area contributed by atoms with Crippen molar-refractivity contribution < 1.29 is 4.79 Å². The van der Waals surface area contributed by atoms with Crippen LogP contribution in [0, 0.1) is 6.92 Å². The van der Waals surface area contributed by atoms with Gasteiger partial charge in [-0.15, -0.1) is 0 Å². The highest BCUT2D eigenvalue weighted by Crippen LogP contribution is 2.22. The van der Waals surface area contributed by atoms with Crippen molar-refractivity contribution in [3.8, 4) is 0 Å². The number of nitrogens with one attached hydrogen (secondary N) is 1. The number of carbonyl (C=O) groups is 1. The van der Waals surface area contributed by atoms with Gasteiger partial charge in [0.1, 0.15) is 5.69 Å². The van der Waals surface area contributed by atoms with E-state index in [9.17, 15) is 4.79 Å². The Labute approximate surface area is 130 Å². The zero-order valence-corrected chi connectivity index (χ0v) is 13.5. The number of nitrogens with zero attached hydrogens (tertiary/aromatic N) is 2. The van der Waals surface area contributed by atoms with E-state index in [0.29, 0.717) is 17.3 Å². The third kappa shape index (κ3) is 3.45. The number of halogens is 1. The van der Waals surface area contributed by atoms with Crippen LogP contribution in [0.4, 0.5) is 5.69 Å². The van der Waals surface area contributed by atoms with Crippen LogP contribution in [-0.2, 0) is 6.54 Å². The predicted molar refractivity (Wildman–Crippen MR) is 86.1 cm³/mol. The Kier molecular flexibility index (Phi) is 4.68. The van der Waals surface area contributed by atoms with Crippen LogP contribution in [0.3, 0.4) is 0 Å². The van der Waals surface area contributed by atoms with Crippen LogP contribution in [0.25, 0.3) is 0 Å². The van der Waals surface area contributed by atoms with E-state index < -0.39 is 0 Å². The van der Waals surface area contributed by atoms with Gasteiger partial charge in [-0.05, 0) is 43.5 Å². The van der Waals surface area contributed by atoms with Crippen LogP contribution in [0.1, 0.15) is 48.4 Å². The van der Waals surface area contributed by atoms with Gasteiger partial charge in [-0.3, -0.25) is 9.48 Å². The molecule has 0 radical (unpaired) electrons. The standard InChI is InChI=1S/C16H20ClN3O/c1-5-20-15(9-13(19-20)10(2)3)16(21)18-14-8-12(17)7-6-11(14)4/h6-10H,5H2,1-4H3,(H,18,21). The number of anilines is 1. The molecule has 1 N–H and O–H groups in total. The number of rotatable bonds is 4. The van der Waals surface area contributed by atoms with Crippen molar-refractivity contribution in [3.05, 3.63) is 46.2 Å². The van der Waals surface area contributed by atoms with Crippen LogP contribution in [-0.4, -0.2) is 15.7 Å². The number of aromatic nitrogens is 2. The summed E-state index contributed by atoms with van der Waals surface area (Å²) in [5, 5.41) is 7.97. The Bertz CT molecular complexity index is 662. The fourth-order valence-electron chi connectivity index (χ4n) is 2.06. The molecule has 1 aromatic carbocycles. The first-order chi connectivity index (χ1) is 9.92. The molecule has 4 nitrogen and oxygen atoms in total. The first kappa shape index (κ1) is 15.6. The summed E-state index contributed by atoms with van der Waals surface area (Å²) in [6.45, 7) is 8.68. The quantitative estimate of drug-likeness (QED) is 0.918. The van der Waals surface area contributed by atoms with Gasteiger partial charge < -0.3 is 5.32 Å². The third-order valence-corrected chi connectivity index (χ3v) is 3.61. The second-order valence-electron chi connectivity index (χ2n) is 5.34. The van der Waals surface area contributed by atoms with Crippen molar-refractivity contribution in [1.29, 1.82) is 0 Å². The fraction of sp³-hybridized carbons (Fsp3) is 0.375. The second kappa shape index (κ2) is 6.31. The average Bonchev–Trinajstić information content (AvgIpc) is 2.87. The van der Waals surface area contributed by atoms with Gasteiger partial charge in [0.25, 0.3) is 5.91 Å². The zero-order chi connectivity index (χ0) is 15.6. The summed E-state index contributed by atoms with van der Waals surface area (Å²) in [4.78, 5) is 12.5. The maximum atomic E-state index is 12.5. The highest BCUT2D eigenvalue weighted by molar-refractivity contribution is 6.31. The normalized spacial score (nSPS) is 11.0. The van der Waals surface area contributed by atoms with Crippen LogP contribution >= 0.6 is 11.6 Å². The highest BCUT2D eigenvalue weighted by atomic mass is 35.5. The van der Waals surface area contributed by atoms with Gasteiger partial charge in [0.05, 0.1) is 5.69 Å². The molecule has 1 heterocycles.